The average molecular weight is 569 g/mol. The van der Waals surface area contributed by atoms with Gasteiger partial charge in [0, 0.05) is 12.5 Å². The maximum absolute atomic E-state index is 13.2. The van der Waals surface area contributed by atoms with E-state index in [0.29, 0.717) is 13.0 Å². The molecule has 0 bridgehead atoms. The number of carbonyl (C=O) groups is 5. The van der Waals surface area contributed by atoms with E-state index in [-0.39, 0.29) is 23.9 Å². The normalized spacial score (nSPS) is 13.2. The van der Waals surface area contributed by atoms with Gasteiger partial charge in [-0.25, -0.2) is 14.5 Å². The van der Waals surface area contributed by atoms with Gasteiger partial charge < -0.3 is 37.1 Å². The van der Waals surface area contributed by atoms with E-state index >= 15 is 0 Å². The van der Waals surface area contributed by atoms with Gasteiger partial charge in [-0.15, -0.1) is 0 Å². The first kappa shape index (κ1) is 30.6. The maximum atomic E-state index is 13.2. The Morgan fingerprint density at radius 2 is 1.56 bits per heavy atom. The number of imide groups is 1. The zero-order valence-electron chi connectivity index (χ0n) is 22.0. The lowest BCUT2D eigenvalue weighted by molar-refractivity contribution is -0.153. The van der Waals surface area contributed by atoms with E-state index in [4.69, 9.17) is 21.6 Å². The van der Waals surface area contributed by atoms with Crippen LogP contribution in [0.15, 0.2) is 48.5 Å². The van der Waals surface area contributed by atoms with Crippen molar-refractivity contribution in [3.05, 3.63) is 59.7 Å². The van der Waals surface area contributed by atoms with E-state index in [1.807, 2.05) is 48.5 Å². The highest BCUT2D eigenvalue weighted by Gasteiger charge is 2.39. The molecule has 0 radical (unpaired) electrons. The summed E-state index contributed by atoms with van der Waals surface area (Å²) in [6.45, 7) is -0.784. The number of carboxylic acids is 2. The molecule has 41 heavy (non-hydrogen) atoms. The van der Waals surface area contributed by atoms with Crippen LogP contribution in [0.3, 0.4) is 0 Å². The number of aliphatic carboxylic acids is 2. The summed E-state index contributed by atoms with van der Waals surface area (Å²) in [5.74, 6) is -5.88. The predicted molar refractivity (Wildman–Crippen MR) is 146 cm³/mol. The summed E-state index contributed by atoms with van der Waals surface area (Å²) in [4.78, 5) is 62.0. The number of carboxylic acid groups (broad SMARTS) is 2. The fraction of sp³-hybridized carbons (Fsp3) is 0.333. The van der Waals surface area contributed by atoms with E-state index in [1.54, 1.807) is 0 Å². The third kappa shape index (κ3) is 7.79. The number of ether oxygens (including phenoxy) is 1. The van der Waals surface area contributed by atoms with E-state index in [2.05, 4.69) is 10.6 Å². The number of amides is 3. The van der Waals surface area contributed by atoms with Crippen molar-refractivity contribution in [3.8, 4) is 11.1 Å². The lowest BCUT2D eigenvalue weighted by atomic mass is 9.98. The first-order valence-corrected chi connectivity index (χ1v) is 12.7. The number of nitrogens with one attached hydrogen (secondary N) is 3. The van der Waals surface area contributed by atoms with Crippen molar-refractivity contribution in [2.75, 3.05) is 19.7 Å². The van der Waals surface area contributed by atoms with Crippen LogP contribution in [0.4, 0.5) is 4.79 Å². The molecule has 3 amide bonds. The Labute approximate surface area is 235 Å². The number of nitrogens with zero attached hydrogens (tertiary/aromatic N) is 1. The Morgan fingerprint density at radius 3 is 2.10 bits per heavy atom. The number of fused-ring (bicyclic) bond motifs is 3. The Morgan fingerprint density at radius 1 is 0.976 bits per heavy atom. The van der Waals surface area contributed by atoms with Gasteiger partial charge in [0.1, 0.15) is 6.61 Å². The maximum Gasteiger partial charge on any atom is 0.417 e. The molecule has 14 nitrogen and oxygen atoms in total. The molecule has 0 unspecified atom stereocenters. The molecule has 0 heterocycles. The van der Waals surface area contributed by atoms with Gasteiger partial charge in [0.15, 0.2) is 12.0 Å². The molecule has 3 rings (SSSR count). The topological polar surface area (TPSA) is 238 Å². The summed E-state index contributed by atoms with van der Waals surface area (Å²) in [6.07, 6.45) is -1.89. The number of hydrogen-bond donors (Lipinski definition) is 7. The van der Waals surface area contributed by atoms with Crippen LogP contribution < -0.4 is 22.1 Å². The summed E-state index contributed by atoms with van der Waals surface area (Å²) in [5, 5.41) is 30.8. The zero-order chi connectivity index (χ0) is 30.1. The number of hydrogen-bond acceptors (Lipinski definition) is 8. The standard InChI is InChI=1S/C27H32N6O8/c28-20(10-5-11-31-26(29)30)24(37)32-13-22(34)33(21(25(38)39)12-23(35)36)27(40)41-14-19-17-8-3-1-6-15(17)16-7-2-4-9-18(16)19/h1-4,6-9,19-21H,5,10-14,28H2,(H,32,37)(H,35,36)(H,38,39)(H4,29,30,31)/t20-,21-/m0/s1. The summed E-state index contributed by atoms with van der Waals surface area (Å²) >= 11 is 0. The Bertz CT molecular complexity index is 1290. The predicted octanol–water partition coefficient (Wildman–Crippen LogP) is 0.399. The summed E-state index contributed by atoms with van der Waals surface area (Å²) in [5.41, 5.74) is 14.6. The highest BCUT2D eigenvalue weighted by molar-refractivity contribution is 6.00. The molecule has 0 aliphatic heterocycles. The third-order valence-corrected chi connectivity index (χ3v) is 6.52. The van der Waals surface area contributed by atoms with E-state index in [9.17, 15) is 34.2 Å². The van der Waals surface area contributed by atoms with Gasteiger partial charge in [0.2, 0.25) is 5.91 Å². The molecule has 9 N–H and O–H groups in total. The minimum atomic E-state index is -2.08. The molecule has 0 fully saturated rings. The Kier molecular flexibility index (Phi) is 10.4. The van der Waals surface area contributed by atoms with Crippen molar-refractivity contribution >= 4 is 35.8 Å². The van der Waals surface area contributed by atoms with Crippen LogP contribution in [0.2, 0.25) is 0 Å². The second kappa shape index (κ2) is 13.9. The minimum absolute atomic E-state index is 0.174. The number of benzene rings is 2. The number of guanidine groups is 1. The smallest absolute Gasteiger partial charge is 0.417 e. The molecule has 2 aromatic carbocycles. The van der Waals surface area contributed by atoms with Crippen molar-refractivity contribution in [1.82, 2.24) is 15.5 Å². The van der Waals surface area contributed by atoms with Gasteiger partial charge >= 0.3 is 18.0 Å². The lowest BCUT2D eigenvalue weighted by Crippen LogP contribution is -2.54. The van der Waals surface area contributed by atoms with Gasteiger partial charge in [-0.05, 0) is 35.1 Å². The first-order chi connectivity index (χ1) is 19.5. The molecular formula is C27H32N6O8. The van der Waals surface area contributed by atoms with Crippen molar-refractivity contribution in [2.45, 2.75) is 37.3 Å². The van der Waals surface area contributed by atoms with Gasteiger partial charge in [-0.3, -0.25) is 19.8 Å². The van der Waals surface area contributed by atoms with Gasteiger partial charge in [-0.1, -0.05) is 48.5 Å². The van der Waals surface area contributed by atoms with Crippen LogP contribution in [-0.2, 0) is 23.9 Å². The number of nitrogens with two attached hydrogens (primary N) is 2. The number of rotatable bonds is 13. The van der Waals surface area contributed by atoms with Crippen LogP contribution in [-0.4, -0.2) is 82.7 Å². The molecule has 2 aromatic rings. The molecule has 1 aliphatic rings. The van der Waals surface area contributed by atoms with Crippen LogP contribution in [0.5, 0.6) is 0 Å². The summed E-state index contributed by atoms with van der Waals surface area (Å²) in [6, 6.07) is 11.9. The van der Waals surface area contributed by atoms with E-state index in [0.717, 1.165) is 22.3 Å². The van der Waals surface area contributed by atoms with Crippen LogP contribution in [0.25, 0.3) is 11.1 Å². The second-order valence-electron chi connectivity index (χ2n) is 9.33. The first-order valence-electron chi connectivity index (χ1n) is 12.7. The molecule has 218 valence electrons. The van der Waals surface area contributed by atoms with Gasteiger partial charge in [-0.2, -0.15) is 0 Å². The lowest BCUT2D eigenvalue weighted by Gasteiger charge is -2.26. The molecular weight excluding hydrogens is 536 g/mol. The second-order valence-corrected chi connectivity index (χ2v) is 9.33. The van der Waals surface area contributed by atoms with E-state index in [1.165, 1.54) is 0 Å². The third-order valence-electron chi connectivity index (χ3n) is 6.52. The van der Waals surface area contributed by atoms with Gasteiger partial charge in [0.05, 0.1) is 19.0 Å². The summed E-state index contributed by atoms with van der Waals surface area (Å²) < 4.78 is 5.41. The quantitative estimate of drug-likeness (QED) is 0.0991. The highest BCUT2D eigenvalue weighted by atomic mass is 16.6. The summed E-state index contributed by atoms with van der Waals surface area (Å²) in [7, 11) is 0. The van der Waals surface area contributed by atoms with Crippen molar-refractivity contribution in [1.29, 1.82) is 5.41 Å². The van der Waals surface area contributed by atoms with Crippen molar-refractivity contribution in [3.63, 3.8) is 0 Å². The minimum Gasteiger partial charge on any atom is -0.481 e. The Hall–Kier alpha value is -4.98. The molecule has 1 aliphatic carbocycles. The monoisotopic (exact) mass is 568 g/mol. The van der Waals surface area contributed by atoms with Crippen LogP contribution in [0.1, 0.15) is 36.3 Å². The molecule has 0 spiro atoms. The molecule has 14 heteroatoms. The fourth-order valence-corrected chi connectivity index (χ4v) is 4.58. The largest absolute Gasteiger partial charge is 0.481 e. The molecule has 0 saturated carbocycles. The fourth-order valence-electron chi connectivity index (χ4n) is 4.58. The van der Waals surface area contributed by atoms with Gasteiger partial charge in [0.25, 0.3) is 5.91 Å². The van der Waals surface area contributed by atoms with Crippen molar-refractivity contribution < 1.29 is 38.9 Å². The highest BCUT2D eigenvalue weighted by Crippen LogP contribution is 2.44. The van der Waals surface area contributed by atoms with Crippen molar-refractivity contribution in [2.24, 2.45) is 11.5 Å². The Balaban J connectivity index is 1.72. The zero-order valence-corrected chi connectivity index (χ0v) is 22.0. The molecule has 2 atom stereocenters. The van der Waals surface area contributed by atoms with E-state index < -0.39 is 60.8 Å². The molecule has 0 aromatic heterocycles. The van der Waals surface area contributed by atoms with Crippen LogP contribution in [0, 0.1) is 5.41 Å². The average Bonchev–Trinajstić information content (AvgIpc) is 3.25. The molecule has 0 saturated heterocycles. The SMILES string of the molecule is N=C(N)NCCC[C@H](N)C(=O)NCC(=O)N(C(=O)OCC1c2ccccc2-c2ccccc21)[C@@H](CC(=O)O)C(=O)O. The van der Waals surface area contributed by atoms with Crippen LogP contribution >= 0.6 is 0 Å². The number of carbonyl (C=O) groups excluding carboxylic acids is 3.